The summed E-state index contributed by atoms with van der Waals surface area (Å²) >= 11 is 0. The fourth-order valence-electron chi connectivity index (χ4n) is 9.65. The molecule has 0 fully saturated rings. The van der Waals surface area contributed by atoms with Gasteiger partial charge in [-0.2, -0.15) is 0 Å². The van der Waals surface area contributed by atoms with E-state index in [4.69, 9.17) is 17.7 Å². The van der Waals surface area contributed by atoms with Crippen molar-refractivity contribution in [3.05, 3.63) is 336 Å². The highest BCUT2D eigenvalue weighted by Gasteiger charge is 2.09. The summed E-state index contributed by atoms with van der Waals surface area (Å²) < 4.78 is 23.0. The Morgan fingerprint density at radius 3 is 1.00 bits per heavy atom. The van der Waals surface area contributed by atoms with Crippen LogP contribution in [-0.2, 0) is 0 Å². The summed E-state index contributed by atoms with van der Waals surface area (Å²) in [5.74, 6) is 0. The van der Waals surface area contributed by atoms with Gasteiger partial charge in [0.1, 0.15) is 44.7 Å². The highest BCUT2D eigenvalue weighted by Crippen LogP contribution is 2.33. The zero-order chi connectivity index (χ0) is 58.6. The number of benzene rings is 12. The predicted octanol–water partition coefficient (Wildman–Crippen LogP) is 23.6. The van der Waals surface area contributed by atoms with Crippen molar-refractivity contribution in [1.29, 1.82) is 0 Å². The average Bonchev–Trinajstić information content (AvgIpc) is 4.22. The van der Waals surface area contributed by atoms with Gasteiger partial charge in [-0.3, -0.25) is 0 Å². The topological polar surface area (TPSA) is 52.6 Å². The zero-order valence-corrected chi connectivity index (χ0v) is 49.3. The van der Waals surface area contributed by atoms with Crippen LogP contribution in [0.3, 0.4) is 0 Å². The molecular formula is C80H72O4. The van der Waals surface area contributed by atoms with Crippen molar-refractivity contribution in [1.82, 2.24) is 0 Å². The van der Waals surface area contributed by atoms with Crippen LogP contribution in [0.1, 0.15) is 44.5 Å². The van der Waals surface area contributed by atoms with Gasteiger partial charge in [0.25, 0.3) is 0 Å². The third-order valence-electron chi connectivity index (χ3n) is 14.0. The molecule has 0 saturated carbocycles. The van der Waals surface area contributed by atoms with E-state index in [0.29, 0.717) is 0 Å². The molecule has 0 amide bonds. The molecule has 0 unspecified atom stereocenters. The smallest absolute Gasteiger partial charge is 0.138 e. The summed E-state index contributed by atoms with van der Waals surface area (Å²) in [6.45, 7) is 16.7. The van der Waals surface area contributed by atoms with Crippen molar-refractivity contribution in [2.24, 2.45) is 0 Å². The van der Waals surface area contributed by atoms with Gasteiger partial charge < -0.3 is 17.7 Å². The number of hydrogen-bond donors (Lipinski definition) is 0. The molecule has 0 spiro atoms. The van der Waals surface area contributed by atoms with Gasteiger partial charge in [-0.05, 0) is 121 Å². The maximum atomic E-state index is 5.78. The van der Waals surface area contributed by atoms with Crippen LogP contribution in [0.25, 0.3) is 87.8 Å². The summed E-state index contributed by atoms with van der Waals surface area (Å²) in [6, 6.07) is 98.6. The van der Waals surface area contributed by atoms with E-state index < -0.39 is 0 Å². The van der Waals surface area contributed by atoms with Crippen LogP contribution < -0.4 is 0 Å². The standard InChI is InChI=1S/4C13H10O.4C7H8/c1-9-5-4-7-11-10-6-2-3-8-12(10)14-13(9)11;1-9-5-4-8-12-13(9)10-6-2-3-7-11(10)14-12;1-9-6-7-13-11(8-9)10-4-2-3-5-12(10)14-13;1-9-6-7-11-10-4-2-3-5-12(10)14-13(11)8-9;4*1-7-5-3-2-4-6-7/h4*2-8H,1H3;4*2-6H,1H3. The van der Waals surface area contributed by atoms with Gasteiger partial charge in [-0.15, -0.1) is 0 Å². The van der Waals surface area contributed by atoms with Crippen LogP contribution in [0.5, 0.6) is 0 Å². The first-order valence-corrected chi connectivity index (χ1v) is 28.5. The Morgan fingerprint density at radius 2 is 0.500 bits per heavy atom. The molecule has 0 aliphatic rings. The molecule has 16 aromatic rings. The molecule has 0 N–H and O–H groups in total. The predicted molar refractivity (Wildman–Crippen MR) is 359 cm³/mol. The summed E-state index contributed by atoms with van der Waals surface area (Å²) in [4.78, 5) is 0. The quantitative estimate of drug-likeness (QED) is 0.152. The fraction of sp³-hybridized carbons (Fsp3) is 0.100. The van der Waals surface area contributed by atoms with Gasteiger partial charge in [-0.1, -0.05) is 270 Å². The lowest BCUT2D eigenvalue weighted by atomic mass is 10.1. The van der Waals surface area contributed by atoms with Crippen LogP contribution in [0, 0.1) is 55.4 Å². The molecule has 4 heteroatoms. The third kappa shape index (κ3) is 15.6. The van der Waals surface area contributed by atoms with Crippen molar-refractivity contribution in [2.75, 3.05) is 0 Å². The number of fused-ring (bicyclic) bond motifs is 12. The highest BCUT2D eigenvalue weighted by atomic mass is 16.3. The Balaban J connectivity index is 0.000000118. The lowest BCUT2D eigenvalue weighted by Gasteiger charge is -1.93. The van der Waals surface area contributed by atoms with Crippen LogP contribution >= 0.6 is 0 Å². The van der Waals surface area contributed by atoms with Gasteiger partial charge in [0.2, 0.25) is 0 Å². The molecule has 4 aromatic heterocycles. The molecule has 416 valence electrons. The number of aryl methyl sites for hydroxylation is 8. The maximum Gasteiger partial charge on any atom is 0.138 e. The summed E-state index contributed by atoms with van der Waals surface area (Å²) in [6.07, 6.45) is 0. The van der Waals surface area contributed by atoms with E-state index in [1.54, 1.807) is 0 Å². The van der Waals surface area contributed by atoms with Crippen LogP contribution in [0.4, 0.5) is 0 Å². The van der Waals surface area contributed by atoms with Gasteiger partial charge in [-0.25, -0.2) is 0 Å². The van der Waals surface area contributed by atoms with Gasteiger partial charge in [0.15, 0.2) is 0 Å². The van der Waals surface area contributed by atoms with Gasteiger partial charge in [0, 0.05) is 43.1 Å². The second-order valence-electron chi connectivity index (χ2n) is 20.9. The van der Waals surface area contributed by atoms with E-state index in [1.807, 2.05) is 164 Å². The van der Waals surface area contributed by atoms with Gasteiger partial charge >= 0.3 is 0 Å². The summed E-state index contributed by atoms with van der Waals surface area (Å²) in [5.41, 5.74) is 18.1. The number of para-hydroxylation sites is 5. The van der Waals surface area contributed by atoms with E-state index in [1.165, 1.54) is 87.6 Å². The van der Waals surface area contributed by atoms with Crippen LogP contribution in [0.15, 0.2) is 309 Å². The van der Waals surface area contributed by atoms with E-state index in [0.717, 1.165) is 44.7 Å². The van der Waals surface area contributed by atoms with Crippen molar-refractivity contribution >= 4 is 87.8 Å². The zero-order valence-electron chi connectivity index (χ0n) is 49.3. The molecule has 0 saturated heterocycles. The molecular weight excluding hydrogens is 1020 g/mol. The first-order chi connectivity index (χ1) is 41.0. The van der Waals surface area contributed by atoms with Crippen LogP contribution in [-0.4, -0.2) is 0 Å². The Kier molecular flexibility index (Phi) is 20.2. The Hall–Kier alpha value is -10.2. The summed E-state index contributed by atoms with van der Waals surface area (Å²) in [7, 11) is 0. The van der Waals surface area contributed by atoms with E-state index >= 15 is 0 Å². The lowest BCUT2D eigenvalue weighted by Crippen LogP contribution is -1.72. The second kappa shape index (κ2) is 29.0. The van der Waals surface area contributed by atoms with E-state index in [-0.39, 0.29) is 0 Å². The number of furan rings is 4. The molecule has 4 nitrogen and oxygen atoms in total. The molecule has 0 aliphatic heterocycles. The Labute approximate surface area is 493 Å². The maximum absolute atomic E-state index is 5.78. The third-order valence-corrected chi connectivity index (χ3v) is 14.0. The molecule has 0 atom stereocenters. The minimum atomic E-state index is 0.966. The first-order valence-electron chi connectivity index (χ1n) is 28.5. The molecule has 16 rings (SSSR count). The van der Waals surface area contributed by atoms with E-state index in [2.05, 4.69) is 183 Å². The minimum Gasteiger partial charge on any atom is -0.456 e. The van der Waals surface area contributed by atoms with Crippen molar-refractivity contribution in [3.63, 3.8) is 0 Å². The van der Waals surface area contributed by atoms with Gasteiger partial charge in [0.05, 0.1) is 0 Å². The minimum absolute atomic E-state index is 0.966. The molecule has 0 aliphatic carbocycles. The van der Waals surface area contributed by atoms with Crippen molar-refractivity contribution in [3.8, 4) is 0 Å². The molecule has 0 radical (unpaired) electrons. The molecule has 4 heterocycles. The highest BCUT2D eigenvalue weighted by molar-refractivity contribution is 6.08. The lowest BCUT2D eigenvalue weighted by molar-refractivity contribution is 0.665. The van der Waals surface area contributed by atoms with E-state index in [9.17, 15) is 0 Å². The second-order valence-corrected chi connectivity index (χ2v) is 20.9. The Bertz CT molecular complexity index is 4450. The monoisotopic (exact) mass is 1100 g/mol. The number of rotatable bonds is 0. The fourth-order valence-corrected chi connectivity index (χ4v) is 9.65. The molecule has 12 aromatic carbocycles. The summed E-state index contributed by atoms with van der Waals surface area (Å²) in [5, 5.41) is 9.66. The largest absolute Gasteiger partial charge is 0.456 e. The van der Waals surface area contributed by atoms with Crippen LogP contribution in [0.2, 0.25) is 0 Å². The number of hydrogen-bond acceptors (Lipinski definition) is 4. The first kappa shape index (κ1) is 58.5. The molecule has 84 heavy (non-hydrogen) atoms. The van der Waals surface area contributed by atoms with Crippen molar-refractivity contribution in [2.45, 2.75) is 55.4 Å². The van der Waals surface area contributed by atoms with Crippen molar-refractivity contribution < 1.29 is 17.7 Å². The SMILES string of the molecule is Cc1ccc2c(c1)oc1ccccc12.Cc1ccc2oc3ccccc3c2c1.Cc1cccc2c1oc1ccccc12.Cc1cccc2oc3ccccc3c12.Cc1ccccc1.Cc1ccccc1.Cc1ccccc1.Cc1ccccc1. The normalized spacial score (nSPS) is 10.4. The average molecular weight is 1100 g/mol. The Morgan fingerprint density at radius 1 is 0.179 bits per heavy atom. The molecule has 0 bridgehead atoms.